The molecule has 0 aliphatic rings. The summed E-state index contributed by atoms with van der Waals surface area (Å²) in [6, 6.07) is 0. The zero-order valence-electron chi connectivity index (χ0n) is 8.68. The van der Waals surface area contributed by atoms with E-state index in [-0.39, 0.29) is 5.91 Å². The fourth-order valence-electron chi connectivity index (χ4n) is 0.938. The molecular formula is C10H21N2O. The van der Waals surface area contributed by atoms with Crippen LogP contribution >= 0.6 is 0 Å². The van der Waals surface area contributed by atoms with E-state index in [0.29, 0.717) is 12.3 Å². The largest absolute Gasteiger partial charge is 0.351 e. The van der Waals surface area contributed by atoms with Crippen LogP contribution in [0.25, 0.3) is 0 Å². The maximum absolute atomic E-state index is 11.1. The smallest absolute Gasteiger partial charge is 0.220 e. The van der Waals surface area contributed by atoms with Crippen molar-refractivity contribution in [1.29, 1.82) is 0 Å². The van der Waals surface area contributed by atoms with Crippen LogP contribution in [0.4, 0.5) is 0 Å². The molecule has 0 aromatic heterocycles. The van der Waals surface area contributed by atoms with Crippen LogP contribution in [0.5, 0.6) is 0 Å². The molecule has 3 nitrogen and oxygen atoms in total. The van der Waals surface area contributed by atoms with Gasteiger partial charge in [0.25, 0.3) is 0 Å². The van der Waals surface area contributed by atoms with E-state index in [0.717, 1.165) is 25.8 Å². The summed E-state index contributed by atoms with van der Waals surface area (Å²) in [4.78, 5) is 11.1. The average molecular weight is 185 g/mol. The predicted molar refractivity (Wildman–Crippen MR) is 54.8 cm³/mol. The van der Waals surface area contributed by atoms with Crippen molar-refractivity contribution in [3.63, 3.8) is 0 Å². The summed E-state index contributed by atoms with van der Waals surface area (Å²) in [5.41, 5.74) is 5.34. The van der Waals surface area contributed by atoms with Gasteiger partial charge >= 0.3 is 0 Å². The number of hydrogen-bond acceptors (Lipinski definition) is 2. The topological polar surface area (TPSA) is 55.1 Å². The van der Waals surface area contributed by atoms with Gasteiger partial charge in [-0.3, -0.25) is 4.79 Å². The number of hydrogen-bond donors (Lipinski definition) is 2. The lowest BCUT2D eigenvalue weighted by molar-refractivity contribution is -0.120. The number of nitrogens with two attached hydrogens (primary N) is 1. The fraction of sp³-hybridized carbons (Fsp3) is 0.800. The van der Waals surface area contributed by atoms with Crippen molar-refractivity contribution in [3.8, 4) is 0 Å². The van der Waals surface area contributed by atoms with E-state index in [9.17, 15) is 4.79 Å². The molecule has 77 valence electrons. The van der Waals surface area contributed by atoms with E-state index >= 15 is 0 Å². The molecule has 0 unspecified atom stereocenters. The van der Waals surface area contributed by atoms with Crippen LogP contribution in [0.1, 0.15) is 39.5 Å². The van der Waals surface area contributed by atoms with E-state index in [2.05, 4.69) is 5.32 Å². The fourth-order valence-corrected chi connectivity index (χ4v) is 0.938. The average Bonchev–Trinajstić information content (AvgIpc) is 2.09. The molecule has 0 aliphatic carbocycles. The van der Waals surface area contributed by atoms with Crippen LogP contribution < -0.4 is 11.1 Å². The Bertz CT molecular complexity index is 135. The first-order chi connectivity index (χ1) is 6.16. The second kappa shape index (κ2) is 8.05. The third-order valence-corrected chi connectivity index (χ3v) is 1.69. The molecule has 13 heavy (non-hydrogen) atoms. The number of rotatable bonds is 7. The van der Waals surface area contributed by atoms with Crippen molar-refractivity contribution < 1.29 is 4.79 Å². The minimum absolute atomic E-state index is 0.116. The molecule has 1 radical (unpaired) electrons. The number of unbranched alkanes of at least 4 members (excludes halogenated alkanes) is 2. The molecule has 1 amide bonds. The normalized spacial score (nSPS) is 10.5. The Kier molecular flexibility index (Phi) is 7.69. The molecule has 0 aromatic carbocycles. The summed E-state index contributed by atoms with van der Waals surface area (Å²) >= 11 is 0. The van der Waals surface area contributed by atoms with Crippen molar-refractivity contribution in [2.75, 3.05) is 6.54 Å². The molecule has 3 N–H and O–H groups in total. The first-order valence-electron chi connectivity index (χ1n) is 4.99. The molecule has 3 heteroatoms. The molecule has 0 spiro atoms. The second-order valence-electron chi connectivity index (χ2n) is 3.58. The van der Waals surface area contributed by atoms with E-state index in [1.807, 2.05) is 20.4 Å². The molecule has 0 saturated carbocycles. The lowest BCUT2D eigenvalue weighted by atomic mass is 10.2. The molecule has 0 aromatic rings. The monoisotopic (exact) mass is 185 g/mol. The van der Waals surface area contributed by atoms with Crippen LogP contribution in [0.15, 0.2) is 0 Å². The number of nitrogens with one attached hydrogen (secondary N) is 1. The first-order valence-corrected chi connectivity index (χ1v) is 4.99. The van der Waals surface area contributed by atoms with E-state index < -0.39 is 0 Å². The summed E-state index contributed by atoms with van der Waals surface area (Å²) in [7, 11) is 0. The number of carbonyl (C=O) groups excluding carboxylic acids is 1. The van der Waals surface area contributed by atoms with Gasteiger partial charge in [-0.1, -0.05) is 20.3 Å². The Morgan fingerprint density at radius 3 is 2.62 bits per heavy atom. The quantitative estimate of drug-likeness (QED) is 0.590. The molecule has 0 aliphatic heterocycles. The van der Waals surface area contributed by atoms with E-state index in [4.69, 9.17) is 5.73 Å². The maximum Gasteiger partial charge on any atom is 0.220 e. The summed E-state index contributed by atoms with van der Waals surface area (Å²) in [6.45, 7) is 6.62. The van der Waals surface area contributed by atoms with Gasteiger partial charge in [-0.2, -0.15) is 0 Å². The SMILES string of the molecule is CC(C)[CH]NC(=O)CCCCCN. The maximum atomic E-state index is 11.1. The van der Waals surface area contributed by atoms with Gasteiger partial charge < -0.3 is 11.1 Å². The minimum atomic E-state index is 0.116. The van der Waals surface area contributed by atoms with Crippen molar-refractivity contribution in [2.24, 2.45) is 11.7 Å². The Morgan fingerprint density at radius 1 is 1.38 bits per heavy atom. The van der Waals surface area contributed by atoms with Gasteiger partial charge in [-0.15, -0.1) is 0 Å². The highest BCUT2D eigenvalue weighted by atomic mass is 16.1. The van der Waals surface area contributed by atoms with Crippen molar-refractivity contribution in [1.82, 2.24) is 5.32 Å². The zero-order chi connectivity index (χ0) is 10.1. The lowest BCUT2D eigenvalue weighted by Crippen LogP contribution is -2.22. The van der Waals surface area contributed by atoms with Gasteiger partial charge in [-0.05, 0) is 25.3 Å². The van der Waals surface area contributed by atoms with Crippen LogP contribution in [-0.4, -0.2) is 12.5 Å². The van der Waals surface area contributed by atoms with Gasteiger partial charge in [-0.25, -0.2) is 0 Å². The number of carbonyl (C=O) groups is 1. The van der Waals surface area contributed by atoms with Crippen LogP contribution in [0.3, 0.4) is 0 Å². The van der Waals surface area contributed by atoms with Gasteiger partial charge in [0.2, 0.25) is 5.91 Å². The van der Waals surface area contributed by atoms with Crippen molar-refractivity contribution >= 4 is 5.91 Å². The Morgan fingerprint density at radius 2 is 2.08 bits per heavy atom. The van der Waals surface area contributed by atoms with Gasteiger partial charge in [0.05, 0.1) is 6.54 Å². The molecule has 0 saturated heterocycles. The third-order valence-electron chi connectivity index (χ3n) is 1.69. The molecular weight excluding hydrogens is 164 g/mol. The van der Waals surface area contributed by atoms with Crippen molar-refractivity contribution in [2.45, 2.75) is 39.5 Å². The summed E-state index contributed by atoms with van der Waals surface area (Å²) in [6.07, 6.45) is 3.62. The lowest BCUT2D eigenvalue weighted by Gasteiger charge is -2.06. The van der Waals surface area contributed by atoms with Gasteiger partial charge in [0.1, 0.15) is 0 Å². The van der Waals surface area contributed by atoms with E-state index in [1.165, 1.54) is 0 Å². The Hall–Kier alpha value is -0.570. The van der Waals surface area contributed by atoms with Crippen LogP contribution in [0.2, 0.25) is 0 Å². The summed E-state index contributed by atoms with van der Waals surface area (Å²) in [5, 5.41) is 2.76. The van der Waals surface area contributed by atoms with E-state index in [1.54, 1.807) is 0 Å². The molecule has 0 rings (SSSR count). The molecule has 0 heterocycles. The van der Waals surface area contributed by atoms with Crippen molar-refractivity contribution in [3.05, 3.63) is 6.54 Å². The second-order valence-corrected chi connectivity index (χ2v) is 3.58. The minimum Gasteiger partial charge on any atom is -0.351 e. The first kappa shape index (κ1) is 12.4. The predicted octanol–water partition coefficient (Wildman–Crippen LogP) is 1.44. The highest BCUT2D eigenvalue weighted by Gasteiger charge is 2.01. The molecule has 0 atom stereocenters. The highest BCUT2D eigenvalue weighted by molar-refractivity contribution is 5.76. The van der Waals surface area contributed by atoms with Gasteiger partial charge in [0.15, 0.2) is 0 Å². The summed E-state index contributed by atoms with van der Waals surface area (Å²) in [5.74, 6) is 0.527. The Balaban J connectivity index is 3.20. The standard InChI is InChI=1S/C10H21N2O/c1-9(2)8-12-10(13)6-4-3-5-7-11/h8-9H,3-7,11H2,1-2H3,(H,12,13). The van der Waals surface area contributed by atoms with Crippen LogP contribution in [0, 0.1) is 12.5 Å². The molecule has 0 bridgehead atoms. The third kappa shape index (κ3) is 9.34. The zero-order valence-corrected chi connectivity index (χ0v) is 8.68. The molecule has 0 fully saturated rings. The van der Waals surface area contributed by atoms with Gasteiger partial charge in [0, 0.05) is 6.42 Å². The highest BCUT2D eigenvalue weighted by Crippen LogP contribution is 1.99. The Labute approximate surface area is 81.1 Å². The summed E-state index contributed by atoms with van der Waals surface area (Å²) < 4.78 is 0. The van der Waals surface area contributed by atoms with Crippen LogP contribution in [-0.2, 0) is 4.79 Å². The number of amides is 1.